The second-order valence-electron chi connectivity index (χ2n) is 8.16. The lowest BCUT2D eigenvalue weighted by Gasteiger charge is -2.44. The normalized spacial score (nSPS) is 19.8. The van der Waals surface area contributed by atoms with Gasteiger partial charge in [0.1, 0.15) is 11.5 Å². The molecule has 1 unspecified atom stereocenters. The third kappa shape index (κ3) is 7.11. The van der Waals surface area contributed by atoms with Gasteiger partial charge in [-0.3, -0.25) is 14.5 Å². The highest BCUT2D eigenvalue weighted by Gasteiger charge is 2.31. The van der Waals surface area contributed by atoms with Crippen LogP contribution in [-0.2, 0) is 14.3 Å². The highest BCUT2D eigenvalue weighted by atomic mass is 16.5. The zero-order chi connectivity index (χ0) is 22.1. The van der Waals surface area contributed by atoms with Crippen molar-refractivity contribution in [1.29, 1.82) is 0 Å². The maximum Gasteiger partial charge on any atom is 0.257 e. The molecule has 1 aromatic carbocycles. The second-order valence-corrected chi connectivity index (χ2v) is 8.16. The number of hydrogen-bond acceptors (Lipinski definition) is 6. The molecule has 2 heterocycles. The van der Waals surface area contributed by atoms with Crippen molar-refractivity contribution >= 4 is 11.8 Å². The Morgan fingerprint density at radius 1 is 1.13 bits per heavy atom. The third-order valence-electron chi connectivity index (χ3n) is 6.09. The van der Waals surface area contributed by atoms with Crippen LogP contribution >= 0.6 is 0 Å². The fraction of sp³-hybridized carbons (Fsp3) is 0.652. The second kappa shape index (κ2) is 11.9. The van der Waals surface area contributed by atoms with Crippen LogP contribution in [0.4, 0.5) is 0 Å². The van der Waals surface area contributed by atoms with Crippen LogP contribution < -0.4 is 14.8 Å². The molecule has 2 fully saturated rings. The summed E-state index contributed by atoms with van der Waals surface area (Å²) in [5.74, 6) is 1.37. The van der Waals surface area contributed by atoms with E-state index in [4.69, 9.17) is 14.2 Å². The minimum absolute atomic E-state index is 0.0227. The van der Waals surface area contributed by atoms with Gasteiger partial charge in [0.15, 0.2) is 6.61 Å². The first-order chi connectivity index (χ1) is 15.1. The van der Waals surface area contributed by atoms with Gasteiger partial charge in [-0.2, -0.15) is 0 Å². The van der Waals surface area contributed by atoms with Gasteiger partial charge < -0.3 is 24.4 Å². The van der Waals surface area contributed by atoms with Gasteiger partial charge in [-0.1, -0.05) is 0 Å². The smallest absolute Gasteiger partial charge is 0.257 e. The summed E-state index contributed by atoms with van der Waals surface area (Å²) < 4.78 is 16.2. The van der Waals surface area contributed by atoms with E-state index in [9.17, 15) is 9.59 Å². The highest BCUT2D eigenvalue weighted by molar-refractivity contribution is 5.77. The molecule has 2 amide bonds. The van der Waals surface area contributed by atoms with Crippen LogP contribution in [0.5, 0.6) is 11.5 Å². The van der Waals surface area contributed by atoms with Crippen LogP contribution in [-0.4, -0.2) is 86.8 Å². The van der Waals surface area contributed by atoms with E-state index in [-0.39, 0.29) is 18.4 Å². The van der Waals surface area contributed by atoms with E-state index in [1.807, 2.05) is 4.90 Å². The van der Waals surface area contributed by atoms with Crippen molar-refractivity contribution in [3.8, 4) is 11.5 Å². The molecule has 172 valence electrons. The summed E-state index contributed by atoms with van der Waals surface area (Å²) in [4.78, 5) is 28.6. The molecule has 31 heavy (non-hydrogen) atoms. The predicted octanol–water partition coefficient (Wildman–Crippen LogP) is 1.68. The topological polar surface area (TPSA) is 80.3 Å². The van der Waals surface area contributed by atoms with E-state index < -0.39 is 0 Å². The van der Waals surface area contributed by atoms with E-state index in [1.54, 1.807) is 38.3 Å². The van der Waals surface area contributed by atoms with Crippen LogP contribution in [0.15, 0.2) is 24.3 Å². The molecule has 1 N–H and O–H groups in total. The molecule has 2 aliphatic heterocycles. The van der Waals surface area contributed by atoms with Crippen molar-refractivity contribution in [1.82, 2.24) is 15.1 Å². The van der Waals surface area contributed by atoms with Gasteiger partial charge in [0.2, 0.25) is 5.91 Å². The Morgan fingerprint density at radius 2 is 1.84 bits per heavy atom. The largest absolute Gasteiger partial charge is 0.497 e. The van der Waals surface area contributed by atoms with E-state index in [2.05, 4.69) is 10.2 Å². The number of amides is 2. The SMILES string of the molecule is COc1ccc(OCC(=O)NCCN(C2CCOCC2)C2CCCN(C(C)=O)C2)cc1. The lowest BCUT2D eigenvalue weighted by molar-refractivity contribution is -0.131. The van der Waals surface area contributed by atoms with E-state index in [0.29, 0.717) is 24.4 Å². The van der Waals surface area contributed by atoms with Gasteiger partial charge in [0.05, 0.1) is 7.11 Å². The van der Waals surface area contributed by atoms with Crippen molar-refractivity contribution in [2.45, 2.75) is 44.7 Å². The lowest BCUT2D eigenvalue weighted by atomic mass is 9.98. The van der Waals surface area contributed by atoms with E-state index >= 15 is 0 Å². The Morgan fingerprint density at radius 3 is 2.52 bits per heavy atom. The zero-order valence-electron chi connectivity index (χ0n) is 18.7. The van der Waals surface area contributed by atoms with Crippen LogP contribution in [0.2, 0.25) is 0 Å². The average molecular weight is 434 g/mol. The van der Waals surface area contributed by atoms with Gasteiger partial charge in [-0.25, -0.2) is 0 Å². The van der Waals surface area contributed by atoms with Gasteiger partial charge >= 0.3 is 0 Å². The average Bonchev–Trinajstić information content (AvgIpc) is 2.81. The quantitative estimate of drug-likeness (QED) is 0.638. The van der Waals surface area contributed by atoms with Crippen LogP contribution in [0.3, 0.4) is 0 Å². The Kier molecular flexibility index (Phi) is 8.97. The van der Waals surface area contributed by atoms with Gasteiger partial charge in [0.25, 0.3) is 5.91 Å². The van der Waals surface area contributed by atoms with Crippen molar-refractivity contribution in [2.75, 3.05) is 53.1 Å². The molecule has 1 aromatic rings. The van der Waals surface area contributed by atoms with Crippen LogP contribution in [0.1, 0.15) is 32.6 Å². The number of methoxy groups -OCH3 is 1. The lowest BCUT2D eigenvalue weighted by Crippen LogP contribution is -2.55. The standard InChI is InChI=1S/C23H35N3O5/c1-18(27)25-12-3-4-20(16-25)26(19-9-14-30-15-10-19)13-11-24-23(28)17-31-22-7-5-21(29-2)6-8-22/h5-8,19-20H,3-4,9-17H2,1-2H3,(H,24,28). The Labute approximate surface area is 184 Å². The van der Waals surface area contributed by atoms with Gasteiger partial charge in [-0.15, -0.1) is 0 Å². The predicted molar refractivity (Wildman–Crippen MR) is 117 cm³/mol. The van der Waals surface area contributed by atoms with Crippen LogP contribution in [0, 0.1) is 0 Å². The van der Waals surface area contributed by atoms with Crippen molar-refractivity contribution in [3.05, 3.63) is 24.3 Å². The van der Waals surface area contributed by atoms with E-state index in [1.165, 1.54) is 0 Å². The molecular weight excluding hydrogens is 398 g/mol. The molecule has 8 nitrogen and oxygen atoms in total. The molecule has 1 atom stereocenters. The Hall–Kier alpha value is -2.32. The molecule has 8 heteroatoms. The number of piperidine rings is 1. The van der Waals surface area contributed by atoms with Crippen molar-refractivity contribution < 1.29 is 23.8 Å². The molecule has 0 aliphatic carbocycles. The first-order valence-electron chi connectivity index (χ1n) is 11.2. The fourth-order valence-electron chi connectivity index (χ4n) is 4.39. The van der Waals surface area contributed by atoms with Gasteiger partial charge in [0, 0.05) is 58.4 Å². The molecule has 0 spiro atoms. The summed E-state index contributed by atoms with van der Waals surface area (Å²) in [5, 5.41) is 2.98. The number of carbonyl (C=O) groups is 2. The number of nitrogens with one attached hydrogen (secondary N) is 1. The van der Waals surface area contributed by atoms with Crippen molar-refractivity contribution in [3.63, 3.8) is 0 Å². The summed E-state index contributed by atoms with van der Waals surface area (Å²) in [6.45, 7) is 6.08. The number of likely N-dealkylation sites (tertiary alicyclic amines) is 1. The number of nitrogens with zero attached hydrogens (tertiary/aromatic N) is 2. The van der Waals surface area contributed by atoms with Crippen molar-refractivity contribution in [2.24, 2.45) is 0 Å². The first-order valence-corrected chi connectivity index (χ1v) is 11.2. The molecule has 0 bridgehead atoms. The minimum Gasteiger partial charge on any atom is -0.497 e. The van der Waals surface area contributed by atoms with E-state index in [0.717, 1.165) is 64.3 Å². The maximum atomic E-state index is 12.3. The molecule has 0 radical (unpaired) electrons. The Balaban J connectivity index is 1.48. The maximum absolute atomic E-state index is 12.3. The molecule has 3 rings (SSSR count). The Bertz CT molecular complexity index is 706. The third-order valence-corrected chi connectivity index (χ3v) is 6.09. The summed E-state index contributed by atoms with van der Waals surface area (Å²) >= 11 is 0. The summed E-state index contributed by atoms with van der Waals surface area (Å²) in [7, 11) is 1.61. The summed E-state index contributed by atoms with van der Waals surface area (Å²) in [6, 6.07) is 7.92. The number of benzene rings is 1. The number of ether oxygens (including phenoxy) is 3. The molecular formula is C23H35N3O5. The number of carbonyl (C=O) groups excluding carboxylic acids is 2. The summed E-state index contributed by atoms with van der Waals surface area (Å²) in [6.07, 6.45) is 4.08. The van der Waals surface area contributed by atoms with Crippen LogP contribution in [0.25, 0.3) is 0 Å². The summed E-state index contributed by atoms with van der Waals surface area (Å²) in [5.41, 5.74) is 0. The highest BCUT2D eigenvalue weighted by Crippen LogP contribution is 2.23. The van der Waals surface area contributed by atoms with Gasteiger partial charge in [-0.05, 0) is 49.9 Å². The number of rotatable bonds is 9. The first kappa shape index (κ1) is 23.3. The minimum atomic E-state index is -0.142. The molecule has 2 aliphatic rings. The monoisotopic (exact) mass is 433 g/mol. The number of hydrogen-bond donors (Lipinski definition) is 1. The molecule has 0 saturated carbocycles. The zero-order valence-corrected chi connectivity index (χ0v) is 18.7. The molecule has 0 aromatic heterocycles. The fourth-order valence-corrected chi connectivity index (χ4v) is 4.39. The molecule has 2 saturated heterocycles.